The predicted molar refractivity (Wildman–Crippen MR) is 41.4 cm³/mol. The lowest BCUT2D eigenvalue weighted by Crippen LogP contribution is -1.91. The maximum absolute atomic E-state index is 5.26. The second kappa shape index (κ2) is 3.17. The zero-order valence-corrected chi connectivity index (χ0v) is 5.96. The molecule has 0 aliphatic rings. The molecule has 0 fully saturated rings. The summed E-state index contributed by atoms with van der Waals surface area (Å²) in [5, 5.41) is 0. The molecule has 1 aromatic heterocycles. The van der Waals surface area contributed by atoms with Crippen molar-refractivity contribution in [3.05, 3.63) is 23.8 Å². The van der Waals surface area contributed by atoms with Crippen LogP contribution in [-0.4, -0.2) is 16.5 Å². The van der Waals surface area contributed by atoms with Gasteiger partial charge in [0.25, 0.3) is 0 Å². The third-order valence-corrected chi connectivity index (χ3v) is 1.16. The summed E-state index contributed by atoms with van der Waals surface area (Å²) in [7, 11) is 0. The molecule has 0 bridgehead atoms. The Morgan fingerprint density at radius 2 is 2.60 bits per heavy atom. The van der Waals surface area contributed by atoms with Gasteiger partial charge in [-0.2, -0.15) is 0 Å². The molecule has 1 heterocycles. The van der Waals surface area contributed by atoms with Crippen LogP contribution in [0.3, 0.4) is 0 Å². The van der Waals surface area contributed by atoms with Crippen molar-refractivity contribution in [1.29, 1.82) is 0 Å². The Bertz CT molecular complexity index is 225. The van der Waals surface area contributed by atoms with Gasteiger partial charge < -0.3 is 10.7 Å². The van der Waals surface area contributed by atoms with E-state index in [9.17, 15) is 0 Å². The van der Waals surface area contributed by atoms with Gasteiger partial charge in [0.1, 0.15) is 5.82 Å². The van der Waals surface area contributed by atoms with Crippen LogP contribution in [0.5, 0.6) is 0 Å². The zero-order chi connectivity index (χ0) is 7.40. The van der Waals surface area contributed by atoms with Crippen LogP contribution in [0.25, 0.3) is 6.08 Å². The number of hydrogen-bond donors (Lipinski definition) is 2. The second-order valence-electron chi connectivity index (χ2n) is 2.06. The number of nitrogens with two attached hydrogens (primary N) is 1. The zero-order valence-electron chi connectivity index (χ0n) is 5.96. The fourth-order valence-electron chi connectivity index (χ4n) is 0.720. The van der Waals surface area contributed by atoms with Crippen molar-refractivity contribution in [3.63, 3.8) is 0 Å². The highest BCUT2D eigenvalue weighted by molar-refractivity contribution is 5.43. The van der Waals surface area contributed by atoms with Gasteiger partial charge in [0.05, 0.1) is 11.9 Å². The topological polar surface area (TPSA) is 54.7 Å². The van der Waals surface area contributed by atoms with Crippen LogP contribution in [0, 0.1) is 6.92 Å². The van der Waals surface area contributed by atoms with Gasteiger partial charge in [0, 0.05) is 6.54 Å². The molecule has 0 aromatic carbocycles. The first-order chi connectivity index (χ1) is 4.83. The van der Waals surface area contributed by atoms with Gasteiger partial charge in [-0.25, -0.2) is 4.98 Å². The second-order valence-corrected chi connectivity index (χ2v) is 2.06. The van der Waals surface area contributed by atoms with Gasteiger partial charge >= 0.3 is 0 Å². The first-order valence-corrected chi connectivity index (χ1v) is 3.21. The highest BCUT2D eigenvalue weighted by Gasteiger charge is 1.88. The van der Waals surface area contributed by atoms with E-state index in [2.05, 4.69) is 9.97 Å². The van der Waals surface area contributed by atoms with E-state index in [0.717, 1.165) is 11.5 Å². The Balaban J connectivity index is 2.67. The molecule has 0 aliphatic heterocycles. The number of aromatic amines is 1. The molecule has 1 aromatic rings. The maximum atomic E-state index is 5.26. The number of hydrogen-bond acceptors (Lipinski definition) is 2. The molecule has 3 nitrogen and oxygen atoms in total. The quantitative estimate of drug-likeness (QED) is 0.630. The SMILES string of the molecule is Cc1ncc(C=CCN)[nH]1. The van der Waals surface area contributed by atoms with E-state index in [1.807, 2.05) is 19.1 Å². The largest absolute Gasteiger partial charge is 0.343 e. The highest BCUT2D eigenvalue weighted by atomic mass is 14.9. The van der Waals surface area contributed by atoms with Crippen molar-refractivity contribution >= 4 is 6.08 Å². The molecule has 0 unspecified atom stereocenters. The van der Waals surface area contributed by atoms with E-state index in [1.165, 1.54) is 0 Å². The molecule has 0 saturated carbocycles. The average Bonchev–Trinajstić information content (AvgIpc) is 2.31. The summed E-state index contributed by atoms with van der Waals surface area (Å²) in [5.41, 5.74) is 6.26. The number of aryl methyl sites for hydroxylation is 1. The minimum absolute atomic E-state index is 0.568. The van der Waals surface area contributed by atoms with Gasteiger partial charge in [-0.3, -0.25) is 0 Å². The molecule has 0 atom stereocenters. The summed E-state index contributed by atoms with van der Waals surface area (Å²) in [6.45, 7) is 2.48. The minimum atomic E-state index is 0.568. The third kappa shape index (κ3) is 1.70. The Labute approximate surface area is 60.0 Å². The lowest BCUT2D eigenvalue weighted by molar-refractivity contribution is 1.14. The number of nitrogens with zero attached hydrogens (tertiary/aromatic N) is 1. The lowest BCUT2D eigenvalue weighted by atomic mass is 10.4. The molecule has 3 N–H and O–H groups in total. The molecule has 3 heteroatoms. The van der Waals surface area contributed by atoms with Crippen LogP contribution in [0.1, 0.15) is 11.5 Å². The molecule has 0 spiro atoms. The Morgan fingerprint density at radius 1 is 1.80 bits per heavy atom. The molecule has 0 saturated heterocycles. The van der Waals surface area contributed by atoms with Gasteiger partial charge in [-0.15, -0.1) is 0 Å². The predicted octanol–water partition coefficient (Wildman–Crippen LogP) is 0.690. The summed E-state index contributed by atoms with van der Waals surface area (Å²) in [4.78, 5) is 7.08. The fraction of sp³-hybridized carbons (Fsp3) is 0.286. The van der Waals surface area contributed by atoms with Crippen molar-refractivity contribution in [2.45, 2.75) is 6.92 Å². The number of aromatic nitrogens is 2. The van der Waals surface area contributed by atoms with E-state index < -0.39 is 0 Å². The monoisotopic (exact) mass is 137 g/mol. The number of imidazole rings is 1. The van der Waals surface area contributed by atoms with E-state index in [1.54, 1.807) is 6.20 Å². The minimum Gasteiger partial charge on any atom is -0.343 e. The molecular weight excluding hydrogens is 126 g/mol. The van der Waals surface area contributed by atoms with Crippen LogP contribution in [0.15, 0.2) is 12.3 Å². The van der Waals surface area contributed by atoms with Crippen molar-refractivity contribution in [3.8, 4) is 0 Å². The smallest absolute Gasteiger partial charge is 0.103 e. The fourth-order valence-corrected chi connectivity index (χ4v) is 0.720. The molecule has 10 heavy (non-hydrogen) atoms. The normalized spacial score (nSPS) is 11.0. The van der Waals surface area contributed by atoms with Gasteiger partial charge in [-0.05, 0) is 13.0 Å². The van der Waals surface area contributed by atoms with E-state index in [0.29, 0.717) is 6.54 Å². The standard InChI is InChI=1S/C7H11N3/c1-6-9-5-7(10-6)3-2-4-8/h2-3,5H,4,8H2,1H3,(H,9,10). The summed E-state index contributed by atoms with van der Waals surface area (Å²) >= 11 is 0. The number of rotatable bonds is 2. The average molecular weight is 137 g/mol. The van der Waals surface area contributed by atoms with Crippen molar-refractivity contribution < 1.29 is 0 Å². The van der Waals surface area contributed by atoms with E-state index >= 15 is 0 Å². The summed E-state index contributed by atoms with van der Waals surface area (Å²) < 4.78 is 0. The Kier molecular flexibility index (Phi) is 2.23. The van der Waals surface area contributed by atoms with Crippen molar-refractivity contribution in [2.24, 2.45) is 5.73 Å². The van der Waals surface area contributed by atoms with Crippen LogP contribution >= 0.6 is 0 Å². The summed E-state index contributed by atoms with van der Waals surface area (Å²) in [5.74, 6) is 0.927. The third-order valence-electron chi connectivity index (χ3n) is 1.16. The molecule has 54 valence electrons. The summed E-state index contributed by atoms with van der Waals surface area (Å²) in [6, 6.07) is 0. The molecule has 0 aliphatic carbocycles. The van der Waals surface area contributed by atoms with E-state index in [-0.39, 0.29) is 0 Å². The number of nitrogens with one attached hydrogen (secondary N) is 1. The summed E-state index contributed by atoms with van der Waals surface area (Å²) in [6.07, 6.45) is 5.58. The Hall–Kier alpha value is -1.09. The molecule has 0 amide bonds. The number of H-pyrrole nitrogens is 1. The van der Waals surface area contributed by atoms with Gasteiger partial charge in [0.15, 0.2) is 0 Å². The highest BCUT2D eigenvalue weighted by Crippen LogP contribution is 1.96. The first-order valence-electron chi connectivity index (χ1n) is 3.21. The first kappa shape index (κ1) is 7.02. The van der Waals surface area contributed by atoms with Crippen LogP contribution < -0.4 is 5.73 Å². The molecule has 0 radical (unpaired) electrons. The molecular formula is C7H11N3. The maximum Gasteiger partial charge on any atom is 0.103 e. The van der Waals surface area contributed by atoms with Gasteiger partial charge in [0.2, 0.25) is 0 Å². The Morgan fingerprint density at radius 3 is 3.10 bits per heavy atom. The molecule has 1 rings (SSSR count). The van der Waals surface area contributed by atoms with Crippen LogP contribution in [-0.2, 0) is 0 Å². The van der Waals surface area contributed by atoms with E-state index in [4.69, 9.17) is 5.73 Å². The van der Waals surface area contributed by atoms with Crippen molar-refractivity contribution in [2.75, 3.05) is 6.54 Å². The van der Waals surface area contributed by atoms with Crippen LogP contribution in [0.4, 0.5) is 0 Å². The van der Waals surface area contributed by atoms with Gasteiger partial charge in [-0.1, -0.05) is 6.08 Å². The lowest BCUT2D eigenvalue weighted by Gasteiger charge is -1.81. The van der Waals surface area contributed by atoms with Crippen molar-refractivity contribution in [1.82, 2.24) is 9.97 Å². The van der Waals surface area contributed by atoms with Crippen LogP contribution in [0.2, 0.25) is 0 Å².